The van der Waals surface area contributed by atoms with Crippen molar-refractivity contribution in [3.63, 3.8) is 0 Å². The van der Waals surface area contributed by atoms with Crippen molar-refractivity contribution in [1.82, 2.24) is 4.31 Å². The molecule has 0 aromatic heterocycles. The average molecular weight is 286 g/mol. The average Bonchev–Trinajstić information content (AvgIpc) is 2.88. The number of nitrogens with two attached hydrogens (primary N) is 1. The molecular formula is C12H18N2O4S. The molecule has 1 aromatic carbocycles. The monoisotopic (exact) mass is 286 g/mol. The van der Waals surface area contributed by atoms with E-state index in [-0.39, 0.29) is 17.5 Å². The van der Waals surface area contributed by atoms with Gasteiger partial charge in [-0.2, -0.15) is 4.31 Å². The standard InChI is InChI=1S/C12H18N2O4S/c1-18-12-7-10(4-5-11(12)13)19(16,17)14-6-2-3-9(14)8-15/h4-5,7,9,15H,2-3,6,8,13H2,1H3. The predicted molar refractivity (Wildman–Crippen MR) is 71.4 cm³/mol. The Hall–Kier alpha value is -1.31. The van der Waals surface area contributed by atoms with E-state index in [9.17, 15) is 13.5 Å². The summed E-state index contributed by atoms with van der Waals surface area (Å²) in [5.41, 5.74) is 6.07. The van der Waals surface area contributed by atoms with E-state index >= 15 is 0 Å². The Bertz CT molecular complexity index is 559. The van der Waals surface area contributed by atoms with Crippen molar-refractivity contribution in [3.8, 4) is 5.75 Å². The number of nitrogen functional groups attached to an aromatic ring is 1. The first-order valence-electron chi connectivity index (χ1n) is 6.07. The van der Waals surface area contributed by atoms with Crippen LogP contribution in [-0.4, -0.2) is 44.1 Å². The minimum Gasteiger partial charge on any atom is -0.495 e. The molecule has 0 saturated carbocycles. The number of anilines is 1. The van der Waals surface area contributed by atoms with Crippen LogP contribution < -0.4 is 10.5 Å². The number of ether oxygens (including phenoxy) is 1. The largest absolute Gasteiger partial charge is 0.495 e. The highest BCUT2D eigenvalue weighted by Crippen LogP contribution is 2.30. The van der Waals surface area contributed by atoms with Gasteiger partial charge in [0.15, 0.2) is 0 Å². The van der Waals surface area contributed by atoms with Gasteiger partial charge in [-0.05, 0) is 25.0 Å². The Kier molecular flexibility index (Phi) is 3.98. The predicted octanol–water partition coefficient (Wildman–Crippen LogP) is 0.423. The molecule has 1 heterocycles. The molecule has 1 unspecified atom stereocenters. The summed E-state index contributed by atoms with van der Waals surface area (Å²) in [4.78, 5) is 0.138. The van der Waals surface area contributed by atoms with Crippen LogP contribution in [0.5, 0.6) is 5.75 Å². The van der Waals surface area contributed by atoms with Crippen molar-refractivity contribution in [2.45, 2.75) is 23.8 Å². The first-order chi connectivity index (χ1) is 9.00. The fourth-order valence-corrected chi connectivity index (χ4v) is 4.00. The van der Waals surface area contributed by atoms with Crippen LogP contribution in [0.3, 0.4) is 0 Å². The molecule has 1 fully saturated rings. The Balaban J connectivity index is 2.39. The highest BCUT2D eigenvalue weighted by molar-refractivity contribution is 7.89. The number of methoxy groups -OCH3 is 1. The molecule has 19 heavy (non-hydrogen) atoms. The molecule has 1 aliphatic heterocycles. The van der Waals surface area contributed by atoms with Crippen LogP contribution in [0.4, 0.5) is 5.69 Å². The molecule has 1 saturated heterocycles. The van der Waals surface area contributed by atoms with E-state index in [1.54, 1.807) is 0 Å². The van der Waals surface area contributed by atoms with Crippen molar-refractivity contribution in [2.24, 2.45) is 0 Å². The number of sulfonamides is 1. The lowest BCUT2D eigenvalue weighted by atomic mass is 10.2. The summed E-state index contributed by atoms with van der Waals surface area (Å²) in [5, 5.41) is 9.24. The van der Waals surface area contributed by atoms with Crippen LogP contribution in [0.2, 0.25) is 0 Å². The number of benzene rings is 1. The normalized spacial score (nSPS) is 20.6. The van der Waals surface area contributed by atoms with Crippen molar-refractivity contribution < 1.29 is 18.3 Å². The molecule has 0 bridgehead atoms. The third-order valence-corrected chi connectivity index (χ3v) is 5.29. The highest BCUT2D eigenvalue weighted by Gasteiger charge is 2.35. The van der Waals surface area contributed by atoms with E-state index in [0.29, 0.717) is 24.4 Å². The molecule has 1 atom stereocenters. The second kappa shape index (κ2) is 5.36. The molecule has 3 N–H and O–H groups in total. The lowest BCUT2D eigenvalue weighted by Gasteiger charge is -2.22. The summed E-state index contributed by atoms with van der Waals surface area (Å²) < 4.78 is 31.4. The lowest BCUT2D eigenvalue weighted by molar-refractivity contribution is 0.213. The van der Waals surface area contributed by atoms with Crippen molar-refractivity contribution >= 4 is 15.7 Å². The maximum Gasteiger partial charge on any atom is 0.243 e. The van der Waals surface area contributed by atoms with Gasteiger partial charge >= 0.3 is 0 Å². The molecule has 0 spiro atoms. The molecule has 106 valence electrons. The van der Waals surface area contributed by atoms with E-state index in [4.69, 9.17) is 10.5 Å². The van der Waals surface area contributed by atoms with Gasteiger partial charge in [-0.3, -0.25) is 0 Å². The number of aliphatic hydroxyl groups excluding tert-OH is 1. The fraction of sp³-hybridized carbons (Fsp3) is 0.500. The van der Waals surface area contributed by atoms with Gasteiger partial charge in [0.2, 0.25) is 10.0 Å². The SMILES string of the molecule is COc1cc(S(=O)(=O)N2CCCC2CO)ccc1N. The number of aliphatic hydroxyl groups is 1. The first kappa shape index (κ1) is 14.1. The maximum absolute atomic E-state index is 12.5. The van der Waals surface area contributed by atoms with Gasteiger partial charge in [-0.25, -0.2) is 8.42 Å². The van der Waals surface area contributed by atoms with E-state index in [2.05, 4.69) is 0 Å². The topological polar surface area (TPSA) is 92.9 Å². The number of hydrogen-bond acceptors (Lipinski definition) is 5. The van der Waals surface area contributed by atoms with Gasteiger partial charge in [0.25, 0.3) is 0 Å². The molecule has 1 aliphatic rings. The van der Waals surface area contributed by atoms with Gasteiger partial charge in [0.05, 0.1) is 24.3 Å². The van der Waals surface area contributed by atoms with Crippen LogP contribution >= 0.6 is 0 Å². The lowest BCUT2D eigenvalue weighted by Crippen LogP contribution is -2.37. The quantitative estimate of drug-likeness (QED) is 0.783. The summed E-state index contributed by atoms with van der Waals surface area (Å²) in [6, 6.07) is 4.04. The van der Waals surface area contributed by atoms with Gasteiger partial charge in [-0.15, -0.1) is 0 Å². The summed E-state index contributed by atoms with van der Waals surface area (Å²) in [7, 11) is -2.17. The summed E-state index contributed by atoms with van der Waals surface area (Å²) >= 11 is 0. The van der Waals surface area contributed by atoms with Crippen LogP contribution in [0.1, 0.15) is 12.8 Å². The molecule has 7 heteroatoms. The zero-order valence-corrected chi connectivity index (χ0v) is 11.6. The Morgan fingerprint density at radius 3 is 2.89 bits per heavy atom. The second-order valence-corrected chi connectivity index (χ2v) is 6.39. The number of nitrogens with zero attached hydrogens (tertiary/aromatic N) is 1. The number of hydrogen-bond donors (Lipinski definition) is 2. The Morgan fingerprint density at radius 1 is 1.53 bits per heavy atom. The molecule has 0 amide bonds. The third-order valence-electron chi connectivity index (χ3n) is 3.35. The van der Waals surface area contributed by atoms with E-state index in [0.717, 1.165) is 6.42 Å². The van der Waals surface area contributed by atoms with Crippen molar-refractivity contribution in [3.05, 3.63) is 18.2 Å². The fourth-order valence-electron chi connectivity index (χ4n) is 2.30. The molecule has 0 radical (unpaired) electrons. The molecular weight excluding hydrogens is 268 g/mol. The van der Waals surface area contributed by atoms with Crippen molar-refractivity contribution in [1.29, 1.82) is 0 Å². The van der Waals surface area contributed by atoms with Crippen LogP contribution in [-0.2, 0) is 10.0 Å². The minimum absolute atomic E-state index is 0.138. The second-order valence-electron chi connectivity index (χ2n) is 4.50. The highest BCUT2D eigenvalue weighted by atomic mass is 32.2. The minimum atomic E-state index is -3.61. The third kappa shape index (κ3) is 2.54. The maximum atomic E-state index is 12.5. The molecule has 1 aromatic rings. The molecule has 6 nitrogen and oxygen atoms in total. The Labute approximate surface area is 112 Å². The Morgan fingerprint density at radius 2 is 2.26 bits per heavy atom. The molecule has 0 aliphatic carbocycles. The van der Waals surface area contributed by atoms with Gasteiger partial charge in [0.1, 0.15) is 5.75 Å². The first-order valence-corrected chi connectivity index (χ1v) is 7.51. The van der Waals surface area contributed by atoms with Gasteiger partial charge in [-0.1, -0.05) is 0 Å². The smallest absolute Gasteiger partial charge is 0.243 e. The van der Waals surface area contributed by atoms with Gasteiger partial charge in [0, 0.05) is 18.7 Å². The van der Waals surface area contributed by atoms with E-state index in [1.807, 2.05) is 0 Å². The number of rotatable bonds is 4. The summed E-state index contributed by atoms with van der Waals surface area (Å²) in [5.74, 6) is 0.334. The zero-order valence-electron chi connectivity index (χ0n) is 10.7. The summed E-state index contributed by atoms with van der Waals surface area (Å²) in [6.45, 7) is 0.269. The zero-order chi connectivity index (χ0) is 14.0. The van der Waals surface area contributed by atoms with Gasteiger partial charge < -0.3 is 15.6 Å². The van der Waals surface area contributed by atoms with E-state index < -0.39 is 10.0 Å². The molecule has 2 rings (SSSR count). The van der Waals surface area contributed by atoms with E-state index in [1.165, 1.54) is 29.6 Å². The van der Waals surface area contributed by atoms with Crippen LogP contribution in [0.15, 0.2) is 23.1 Å². The van der Waals surface area contributed by atoms with Crippen LogP contribution in [0.25, 0.3) is 0 Å². The summed E-state index contributed by atoms with van der Waals surface area (Å²) in [6.07, 6.45) is 1.44. The van der Waals surface area contributed by atoms with Crippen LogP contribution in [0, 0.1) is 0 Å². The van der Waals surface area contributed by atoms with Crippen molar-refractivity contribution in [2.75, 3.05) is 26.0 Å².